The van der Waals surface area contributed by atoms with Gasteiger partial charge >= 0.3 is 0 Å². The molecule has 0 rings (SSSR count). The third-order valence-electron chi connectivity index (χ3n) is 0. The Balaban J connectivity index is -0.0000000800. The van der Waals surface area contributed by atoms with Crippen molar-refractivity contribution < 1.29 is 53.3 Å². The first-order valence-electron chi connectivity index (χ1n) is 1.11. The minimum atomic E-state index is -4.36. The summed E-state index contributed by atoms with van der Waals surface area (Å²) in [5, 5.41) is 0. The van der Waals surface area contributed by atoms with E-state index in [1.165, 1.54) is 0 Å². The molecule has 0 aliphatic carbocycles. The first-order valence-corrected chi connectivity index (χ1v) is 3.34. The summed E-state index contributed by atoms with van der Waals surface area (Å²) in [6.07, 6.45) is 0. The SMILES string of the molecule is C[Si]([O-])([O-])[O-].[Zn].[Zn]. The van der Waals surface area contributed by atoms with Crippen LogP contribution in [0.25, 0.3) is 0 Å². The Morgan fingerprint density at radius 2 is 1.00 bits per heavy atom. The zero-order valence-corrected chi connectivity index (χ0v) is 11.1. The molecule has 0 spiro atoms. The van der Waals surface area contributed by atoms with Crippen LogP contribution in [0.2, 0.25) is 6.55 Å². The van der Waals surface area contributed by atoms with Gasteiger partial charge in [0.25, 0.3) is 0 Å². The van der Waals surface area contributed by atoms with Crippen LogP contribution in [0, 0.1) is 0 Å². The molecule has 0 aliphatic rings. The predicted octanol–water partition coefficient (Wildman–Crippen LogP) is -3.37. The smallest absolute Gasteiger partial charge is 0 e. The average molecular weight is 222 g/mol. The van der Waals surface area contributed by atoms with Crippen molar-refractivity contribution in [2.45, 2.75) is 6.55 Å². The van der Waals surface area contributed by atoms with Gasteiger partial charge < -0.3 is 14.4 Å². The van der Waals surface area contributed by atoms with E-state index in [1.807, 2.05) is 0 Å². The van der Waals surface area contributed by atoms with Crippen LogP contribution in [-0.4, -0.2) is 8.80 Å². The fourth-order valence-electron chi connectivity index (χ4n) is 0. The minimum absolute atomic E-state index is 0. The average Bonchev–Trinajstić information content (AvgIpc) is 0.722. The summed E-state index contributed by atoms with van der Waals surface area (Å²) in [7, 11) is -4.36. The Kier molecular flexibility index (Phi) is 12.3. The van der Waals surface area contributed by atoms with Crippen LogP contribution in [0.3, 0.4) is 0 Å². The summed E-state index contributed by atoms with van der Waals surface area (Å²) in [5.41, 5.74) is 0. The van der Waals surface area contributed by atoms with E-state index in [9.17, 15) is 0 Å². The van der Waals surface area contributed by atoms with Gasteiger partial charge in [-0.15, -0.1) is 6.55 Å². The Morgan fingerprint density at radius 3 is 1.00 bits per heavy atom. The van der Waals surface area contributed by atoms with E-state index in [0.717, 1.165) is 0 Å². The molecule has 7 heavy (non-hydrogen) atoms. The van der Waals surface area contributed by atoms with Crippen molar-refractivity contribution in [3.8, 4) is 0 Å². The van der Waals surface area contributed by atoms with Crippen molar-refractivity contribution in [2.75, 3.05) is 0 Å². The van der Waals surface area contributed by atoms with Crippen molar-refractivity contribution >= 4 is 8.80 Å². The van der Waals surface area contributed by atoms with Crippen molar-refractivity contribution in [1.82, 2.24) is 0 Å². The number of rotatable bonds is 0. The maximum Gasteiger partial charge on any atom is 0 e. The van der Waals surface area contributed by atoms with Crippen LogP contribution >= 0.6 is 0 Å². The molecule has 0 saturated carbocycles. The fraction of sp³-hybridized carbons (Fsp3) is 1.00. The largest absolute Gasteiger partial charge is 0.881 e. The standard InChI is InChI=1S/CH3O3Si.2Zn/c1-5(2,3)4;;/h1H3;;/q-3;;. The molecular weight excluding hydrogens is 219 g/mol. The minimum Gasteiger partial charge on any atom is -0.881 e. The molecule has 0 saturated heterocycles. The molecule has 0 atom stereocenters. The normalized spacial score (nSPS) is 8.57. The van der Waals surface area contributed by atoms with Gasteiger partial charge in [0, 0.05) is 39.0 Å². The van der Waals surface area contributed by atoms with Gasteiger partial charge in [-0.2, -0.15) is 0 Å². The van der Waals surface area contributed by atoms with Gasteiger partial charge in [0.05, 0.1) is 0 Å². The molecule has 0 amide bonds. The third-order valence-corrected chi connectivity index (χ3v) is 0. The van der Waals surface area contributed by atoms with E-state index in [4.69, 9.17) is 14.4 Å². The van der Waals surface area contributed by atoms with E-state index in [2.05, 4.69) is 0 Å². The number of hydrogen-bond acceptors (Lipinski definition) is 3. The van der Waals surface area contributed by atoms with Gasteiger partial charge in [-0.1, -0.05) is 0 Å². The third kappa shape index (κ3) is 116. The summed E-state index contributed by atoms with van der Waals surface area (Å²) >= 11 is 0. The molecule has 0 aromatic carbocycles. The van der Waals surface area contributed by atoms with Gasteiger partial charge in [0.2, 0.25) is 0 Å². The molecule has 0 N–H and O–H groups in total. The molecule has 0 aromatic rings. The van der Waals surface area contributed by atoms with Crippen LogP contribution in [0.4, 0.5) is 0 Å². The van der Waals surface area contributed by atoms with Crippen molar-refractivity contribution in [1.29, 1.82) is 0 Å². The molecule has 0 aromatic heterocycles. The fourth-order valence-corrected chi connectivity index (χ4v) is 0. The zero-order valence-electron chi connectivity index (χ0n) is 4.14. The summed E-state index contributed by atoms with van der Waals surface area (Å²) < 4.78 is 0. The van der Waals surface area contributed by atoms with Crippen LogP contribution in [0.1, 0.15) is 0 Å². The second-order valence-corrected chi connectivity index (χ2v) is 2.59. The van der Waals surface area contributed by atoms with E-state index < -0.39 is 8.80 Å². The van der Waals surface area contributed by atoms with Crippen LogP contribution in [-0.2, 0) is 39.0 Å². The molecule has 0 heterocycles. The topological polar surface area (TPSA) is 69.2 Å². The maximum atomic E-state index is 9.13. The second-order valence-electron chi connectivity index (χ2n) is 0.862. The van der Waals surface area contributed by atoms with Crippen molar-refractivity contribution in [3.05, 3.63) is 0 Å². The number of hydrogen-bond donors (Lipinski definition) is 0. The van der Waals surface area contributed by atoms with Crippen LogP contribution < -0.4 is 14.4 Å². The summed E-state index contributed by atoms with van der Waals surface area (Å²) in [6, 6.07) is 0. The molecule has 36 valence electrons. The van der Waals surface area contributed by atoms with E-state index in [0.29, 0.717) is 6.55 Å². The quantitative estimate of drug-likeness (QED) is 0.401. The summed E-state index contributed by atoms with van der Waals surface area (Å²) in [6.45, 7) is 0.660. The van der Waals surface area contributed by atoms with Crippen molar-refractivity contribution in [2.24, 2.45) is 0 Å². The van der Waals surface area contributed by atoms with Gasteiger partial charge in [0.15, 0.2) is 0 Å². The van der Waals surface area contributed by atoms with Gasteiger partial charge in [-0.05, 0) is 0 Å². The maximum absolute atomic E-state index is 9.13. The monoisotopic (exact) mass is 219 g/mol. The van der Waals surface area contributed by atoms with Gasteiger partial charge in [-0.3, -0.25) is 8.80 Å². The molecule has 0 aliphatic heterocycles. The van der Waals surface area contributed by atoms with Crippen LogP contribution in [0.5, 0.6) is 0 Å². The zero-order chi connectivity index (χ0) is 4.50. The van der Waals surface area contributed by atoms with Crippen LogP contribution in [0.15, 0.2) is 0 Å². The van der Waals surface area contributed by atoms with E-state index in [-0.39, 0.29) is 39.0 Å². The molecule has 3 nitrogen and oxygen atoms in total. The molecule has 0 fully saturated rings. The first-order chi connectivity index (χ1) is 2.00. The van der Waals surface area contributed by atoms with Gasteiger partial charge in [0.1, 0.15) is 0 Å². The van der Waals surface area contributed by atoms with Crippen molar-refractivity contribution in [3.63, 3.8) is 0 Å². The summed E-state index contributed by atoms with van der Waals surface area (Å²) in [4.78, 5) is 27.4. The molecular formula is CH3O3SiZn2-3. The second kappa shape index (κ2) is 5.48. The predicted molar refractivity (Wildman–Crippen MR) is 11.6 cm³/mol. The Morgan fingerprint density at radius 1 is 1.00 bits per heavy atom. The Hall–Kier alpha value is 1.34. The van der Waals surface area contributed by atoms with E-state index in [1.54, 1.807) is 0 Å². The molecule has 6 heteroatoms. The molecule has 0 radical (unpaired) electrons. The molecule has 0 unspecified atom stereocenters. The Bertz CT molecular complexity index is 28.4. The molecule has 0 bridgehead atoms. The first kappa shape index (κ1) is 15.8. The Labute approximate surface area is 68.6 Å². The summed E-state index contributed by atoms with van der Waals surface area (Å²) in [5.74, 6) is 0. The van der Waals surface area contributed by atoms with Gasteiger partial charge in [-0.25, -0.2) is 0 Å². The van der Waals surface area contributed by atoms with E-state index >= 15 is 0 Å².